The summed E-state index contributed by atoms with van der Waals surface area (Å²) >= 11 is 1.66. The van der Waals surface area contributed by atoms with Crippen molar-refractivity contribution in [3.8, 4) is 0 Å². The predicted molar refractivity (Wildman–Crippen MR) is 71.5 cm³/mol. The SMILES string of the molecule is CC(C(=O)NCc1nc(C2CC2)cs1)C1CNC1. The van der Waals surface area contributed by atoms with Gasteiger partial charge in [0.05, 0.1) is 12.2 Å². The lowest BCUT2D eigenvalue weighted by atomic mass is 9.88. The number of amides is 1. The third-order valence-corrected chi connectivity index (χ3v) is 4.78. The normalized spacial score (nSPS) is 21.4. The highest BCUT2D eigenvalue weighted by Crippen LogP contribution is 2.40. The van der Waals surface area contributed by atoms with E-state index in [9.17, 15) is 4.79 Å². The van der Waals surface area contributed by atoms with Gasteiger partial charge in [-0.25, -0.2) is 4.98 Å². The Morgan fingerprint density at radius 1 is 1.61 bits per heavy atom. The summed E-state index contributed by atoms with van der Waals surface area (Å²) in [7, 11) is 0. The Kier molecular flexibility index (Phi) is 3.35. The fourth-order valence-electron chi connectivity index (χ4n) is 2.18. The van der Waals surface area contributed by atoms with Gasteiger partial charge in [0, 0.05) is 17.2 Å². The third kappa shape index (κ3) is 2.57. The largest absolute Gasteiger partial charge is 0.349 e. The molecular formula is C13H19N3OS. The van der Waals surface area contributed by atoms with Gasteiger partial charge in [0.15, 0.2) is 0 Å². The van der Waals surface area contributed by atoms with Gasteiger partial charge < -0.3 is 10.6 Å². The zero-order valence-corrected chi connectivity index (χ0v) is 11.4. The molecule has 5 heteroatoms. The zero-order valence-electron chi connectivity index (χ0n) is 10.6. The minimum atomic E-state index is 0.106. The molecule has 1 aromatic heterocycles. The number of hydrogen-bond acceptors (Lipinski definition) is 4. The van der Waals surface area contributed by atoms with E-state index in [1.807, 2.05) is 6.92 Å². The number of carbonyl (C=O) groups is 1. The first kappa shape index (κ1) is 12.1. The van der Waals surface area contributed by atoms with Crippen LogP contribution in [0.25, 0.3) is 0 Å². The standard InChI is InChI=1S/C13H19N3OS/c1-8(10-4-14-5-10)13(17)15-6-12-16-11(7-18-12)9-2-3-9/h7-10,14H,2-6H2,1H3,(H,15,17). The number of nitrogens with one attached hydrogen (secondary N) is 2. The van der Waals surface area contributed by atoms with Crippen molar-refractivity contribution in [3.05, 3.63) is 16.1 Å². The summed E-state index contributed by atoms with van der Waals surface area (Å²) in [5.41, 5.74) is 1.22. The van der Waals surface area contributed by atoms with Crippen LogP contribution >= 0.6 is 11.3 Å². The second-order valence-electron chi connectivity index (χ2n) is 5.37. The van der Waals surface area contributed by atoms with E-state index in [1.54, 1.807) is 11.3 Å². The van der Waals surface area contributed by atoms with Crippen molar-refractivity contribution < 1.29 is 4.79 Å². The summed E-state index contributed by atoms with van der Waals surface area (Å²) in [6.07, 6.45) is 2.56. The molecule has 1 aromatic rings. The maximum atomic E-state index is 11.9. The maximum absolute atomic E-state index is 11.9. The van der Waals surface area contributed by atoms with Gasteiger partial charge in [0.1, 0.15) is 5.01 Å². The van der Waals surface area contributed by atoms with Crippen LogP contribution in [0.1, 0.15) is 36.4 Å². The van der Waals surface area contributed by atoms with Crippen LogP contribution in [-0.2, 0) is 11.3 Å². The van der Waals surface area contributed by atoms with Gasteiger partial charge in [-0.15, -0.1) is 11.3 Å². The average Bonchev–Trinajstić information content (AvgIpc) is 3.04. The molecule has 1 amide bonds. The van der Waals surface area contributed by atoms with Crippen molar-refractivity contribution in [1.82, 2.24) is 15.6 Å². The Bertz CT molecular complexity index is 437. The van der Waals surface area contributed by atoms with Gasteiger partial charge in [-0.3, -0.25) is 4.79 Å². The van der Waals surface area contributed by atoms with Gasteiger partial charge in [0.25, 0.3) is 0 Å². The number of aromatic nitrogens is 1. The summed E-state index contributed by atoms with van der Waals surface area (Å²) < 4.78 is 0. The minimum Gasteiger partial charge on any atom is -0.349 e. The molecule has 2 fully saturated rings. The van der Waals surface area contributed by atoms with Gasteiger partial charge in [0.2, 0.25) is 5.91 Å². The molecule has 2 aliphatic rings. The predicted octanol–water partition coefficient (Wildman–Crippen LogP) is 1.49. The van der Waals surface area contributed by atoms with Gasteiger partial charge >= 0.3 is 0 Å². The van der Waals surface area contributed by atoms with Crippen LogP contribution in [-0.4, -0.2) is 24.0 Å². The van der Waals surface area contributed by atoms with E-state index in [0.717, 1.165) is 18.1 Å². The highest BCUT2D eigenvalue weighted by molar-refractivity contribution is 7.09. The molecule has 18 heavy (non-hydrogen) atoms. The van der Waals surface area contributed by atoms with Crippen LogP contribution in [0.15, 0.2) is 5.38 Å². The first-order valence-corrected chi connectivity index (χ1v) is 7.54. The van der Waals surface area contributed by atoms with Gasteiger partial charge in [-0.1, -0.05) is 6.92 Å². The maximum Gasteiger partial charge on any atom is 0.223 e. The highest BCUT2D eigenvalue weighted by atomic mass is 32.1. The van der Waals surface area contributed by atoms with E-state index in [0.29, 0.717) is 18.4 Å². The lowest BCUT2D eigenvalue weighted by molar-refractivity contribution is -0.126. The highest BCUT2D eigenvalue weighted by Gasteiger charge is 2.29. The molecule has 98 valence electrons. The van der Waals surface area contributed by atoms with Crippen molar-refractivity contribution in [2.24, 2.45) is 11.8 Å². The number of carbonyl (C=O) groups excluding carboxylic acids is 1. The van der Waals surface area contributed by atoms with Crippen LogP contribution in [0.5, 0.6) is 0 Å². The summed E-state index contributed by atoms with van der Waals surface area (Å²) in [6.45, 7) is 4.54. The molecule has 1 aliphatic carbocycles. The first-order chi connectivity index (χ1) is 8.74. The summed E-state index contributed by atoms with van der Waals surface area (Å²) in [5.74, 6) is 1.47. The average molecular weight is 265 g/mol. The molecule has 1 saturated heterocycles. The molecule has 1 unspecified atom stereocenters. The smallest absolute Gasteiger partial charge is 0.223 e. The van der Waals surface area contributed by atoms with Crippen LogP contribution in [0.2, 0.25) is 0 Å². The molecule has 4 nitrogen and oxygen atoms in total. The van der Waals surface area contributed by atoms with Gasteiger partial charge in [-0.05, 0) is 31.8 Å². The summed E-state index contributed by atoms with van der Waals surface area (Å²) in [4.78, 5) is 16.5. The molecule has 0 aromatic carbocycles. The first-order valence-electron chi connectivity index (χ1n) is 6.67. The molecule has 1 saturated carbocycles. The molecule has 2 heterocycles. The topological polar surface area (TPSA) is 54.0 Å². The quantitative estimate of drug-likeness (QED) is 0.848. The fourth-order valence-corrected chi connectivity index (χ4v) is 2.99. The molecule has 0 bridgehead atoms. The van der Waals surface area contributed by atoms with E-state index in [4.69, 9.17) is 0 Å². The third-order valence-electron chi connectivity index (χ3n) is 3.91. The van der Waals surface area contributed by atoms with Crippen molar-refractivity contribution >= 4 is 17.2 Å². The Balaban J connectivity index is 1.48. The number of hydrogen-bond donors (Lipinski definition) is 2. The van der Waals surface area contributed by atoms with Crippen molar-refractivity contribution in [1.29, 1.82) is 0 Å². The molecule has 3 rings (SSSR count). The monoisotopic (exact) mass is 265 g/mol. The number of thiazole rings is 1. The van der Waals surface area contributed by atoms with E-state index in [1.165, 1.54) is 18.5 Å². The van der Waals surface area contributed by atoms with Crippen molar-refractivity contribution in [2.75, 3.05) is 13.1 Å². The van der Waals surface area contributed by atoms with Crippen LogP contribution in [0.3, 0.4) is 0 Å². The minimum absolute atomic E-state index is 0.106. The molecule has 2 N–H and O–H groups in total. The molecule has 1 atom stereocenters. The lowest BCUT2D eigenvalue weighted by Gasteiger charge is -2.31. The van der Waals surface area contributed by atoms with Gasteiger partial charge in [-0.2, -0.15) is 0 Å². The fraction of sp³-hybridized carbons (Fsp3) is 0.692. The van der Waals surface area contributed by atoms with Crippen LogP contribution < -0.4 is 10.6 Å². The van der Waals surface area contributed by atoms with Crippen LogP contribution in [0, 0.1) is 11.8 Å². The Labute approximate surface area is 111 Å². The number of rotatable bonds is 5. The zero-order chi connectivity index (χ0) is 12.5. The van der Waals surface area contributed by atoms with E-state index in [2.05, 4.69) is 21.0 Å². The van der Waals surface area contributed by atoms with Crippen molar-refractivity contribution in [3.63, 3.8) is 0 Å². The summed E-state index contributed by atoms with van der Waals surface area (Å²) in [5, 5.41) is 9.37. The second kappa shape index (κ2) is 4.97. The second-order valence-corrected chi connectivity index (χ2v) is 6.31. The Morgan fingerprint density at radius 3 is 3.00 bits per heavy atom. The molecule has 1 aliphatic heterocycles. The number of nitrogens with zero attached hydrogens (tertiary/aromatic N) is 1. The Hall–Kier alpha value is -0.940. The van der Waals surface area contributed by atoms with E-state index < -0.39 is 0 Å². The van der Waals surface area contributed by atoms with Crippen LogP contribution in [0.4, 0.5) is 0 Å². The molecule has 0 radical (unpaired) electrons. The van der Waals surface area contributed by atoms with E-state index >= 15 is 0 Å². The van der Waals surface area contributed by atoms with Crippen molar-refractivity contribution in [2.45, 2.75) is 32.2 Å². The summed E-state index contributed by atoms with van der Waals surface area (Å²) in [6, 6.07) is 0. The van der Waals surface area contributed by atoms with E-state index in [-0.39, 0.29) is 11.8 Å². The lowest BCUT2D eigenvalue weighted by Crippen LogP contribution is -2.49. The molecule has 0 spiro atoms. The molecular weight excluding hydrogens is 246 g/mol. The Morgan fingerprint density at radius 2 is 2.39 bits per heavy atom.